The van der Waals surface area contributed by atoms with Gasteiger partial charge in [-0.3, -0.25) is 4.79 Å². The molecule has 2 aromatic heterocycles. The van der Waals surface area contributed by atoms with Gasteiger partial charge in [0.1, 0.15) is 6.54 Å². The van der Waals surface area contributed by atoms with Crippen molar-refractivity contribution >= 4 is 22.8 Å². The predicted octanol–water partition coefficient (Wildman–Crippen LogP) is 2.12. The molecule has 0 saturated heterocycles. The summed E-state index contributed by atoms with van der Waals surface area (Å²) >= 11 is 0. The highest BCUT2D eigenvalue weighted by atomic mass is 16.4. The Morgan fingerprint density at radius 3 is 2.75 bits per heavy atom. The molecule has 0 fully saturated rings. The summed E-state index contributed by atoms with van der Waals surface area (Å²) in [6.07, 6.45) is 5.26. The number of para-hydroxylation sites is 1. The third-order valence-electron chi connectivity index (χ3n) is 2.95. The maximum atomic E-state index is 10.5. The first kappa shape index (κ1) is 12.2. The monoisotopic (exact) mass is 268 g/mol. The van der Waals surface area contributed by atoms with Crippen LogP contribution in [0.25, 0.3) is 22.0 Å². The molecule has 0 aliphatic carbocycles. The van der Waals surface area contributed by atoms with E-state index in [2.05, 4.69) is 20.3 Å². The van der Waals surface area contributed by atoms with Crippen LogP contribution >= 0.6 is 0 Å². The first-order valence-corrected chi connectivity index (χ1v) is 6.08. The highest BCUT2D eigenvalue weighted by Gasteiger charge is 2.07. The highest BCUT2D eigenvalue weighted by Crippen LogP contribution is 2.27. The maximum Gasteiger partial charge on any atom is 0.322 e. The summed E-state index contributed by atoms with van der Waals surface area (Å²) in [4.78, 5) is 21.9. The molecule has 2 heterocycles. The van der Waals surface area contributed by atoms with E-state index >= 15 is 0 Å². The minimum Gasteiger partial charge on any atom is -0.480 e. The molecule has 0 unspecified atom stereocenters. The van der Waals surface area contributed by atoms with Crippen molar-refractivity contribution in [3.05, 3.63) is 42.9 Å². The molecule has 0 aliphatic heterocycles. The van der Waals surface area contributed by atoms with E-state index < -0.39 is 5.97 Å². The number of aliphatic carboxylic acids is 1. The summed E-state index contributed by atoms with van der Waals surface area (Å²) in [5.74, 6) is -0.648. The van der Waals surface area contributed by atoms with Gasteiger partial charge in [-0.1, -0.05) is 18.2 Å². The predicted molar refractivity (Wildman–Crippen MR) is 75.5 cm³/mol. The highest BCUT2D eigenvalue weighted by molar-refractivity contribution is 5.95. The summed E-state index contributed by atoms with van der Waals surface area (Å²) < 4.78 is 0. The number of fused-ring (bicyclic) bond motifs is 1. The third kappa shape index (κ3) is 2.31. The van der Waals surface area contributed by atoms with Crippen LogP contribution in [0.1, 0.15) is 0 Å². The molecule has 0 spiro atoms. The van der Waals surface area contributed by atoms with Crippen molar-refractivity contribution in [2.45, 2.75) is 0 Å². The fourth-order valence-corrected chi connectivity index (χ4v) is 2.02. The van der Waals surface area contributed by atoms with Gasteiger partial charge in [-0.15, -0.1) is 0 Å². The topological polar surface area (TPSA) is 90.9 Å². The Morgan fingerprint density at radius 2 is 2.00 bits per heavy atom. The van der Waals surface area contributed by atoms with Crippen molar-refractivity contribution in [2.24, 2.45) is 0 Å². The number of aromatic nitrogens is 3. The van der Waals surface area contributed by atoms with E-state index in [0.717, 1.165) is 22.0 Å². The molecule has 0 radical (unpaired) electrons. The van der Waals surface area contributed by atoms with Crippen LogP contribution in [0.2, 0.25) is 0 Å². The lowest BCUT2D eigenvalue weighted by molar-refractivity contribution is -0.134. The second-order valence-electron chi connectivity index (χ2n) is 4.29. The van der Waals surface area contributed by atoms with Gasteiger partial charge in [0, 0.05) is 40.6 Å². The van der Waals surface area contributed by atoms with Crippen LogP contribution < -0.4 is 5.32 Å². The van der Waals surface area contributed by atoms with Gasteiger partial charge in [0.15, 0.2) is 0 Å². The Labute approximate surface area is 114 Å². The Bertz CT molecular complexity index is 749. The molecule has 0 saturated carbocycles. The van der Waals surface area contributed by atoms with Crippen molar-refractivity contribution in [3.63, 3.8) is 0 Å². The van der Waals surface area contributed by atoms with E-state index in [1.807, 2.05) is 30.5 Å². The smallest absolute Gasteiger partial charge is 0.322 e. The molecule has 0 aliphatic rings. The number of hydrogen-bond acceptors (Lipinski definition) is 4. The lowest BCUT2D eigenvalue weighted by Gasteiger charge is -2.02. The number of H-pyrrole nitrogens is 1. The number of carboxylic acid groups (broad SMARTS) is 1. The van der Waals surface area contributed by atoms with Gasteiger partial charge in [-0.25, -0.2) is 9.97 Å². The maximum absolute atomic E-state index is 10.5. The van der Waals surface area contributed by atoms with Crippen LogP contribution in [-0.2, 0) is 4.79 Å². The average molecular weight is 268 g/mol. The standard InChI is InChI=1S/C14H12N4O2/c19-13(20)8-18-14-16-5-9(6-17-14)11-7-15-12-4-2-1-3-10(11)12/h1-7,15H,8H2,(H,19,20)(H,16,17,18). The molecule has 3 rings (SSSR count). The normalized spacial score (nSPS) is 10.6. The van der Waals surface area contributed by atoms with Crippen LogP contribution in [0, 0.1) is 0 Å². The first-order chi connectivity index (χ1) is 9.74. The lowest BCUT2D eigenvalue weighted by atomic mass is 10.1. The number of carbonyl (C=O) groups is 1. The van der Waals surface area contributed by atoms with Gasteiger partial charge < -0.3 is 15.4 Å². The molecular weight excluding hydrogens is 256 g/mol. The van der Waals surface area contributed by atoms with Crippen LogP contribution in [0.4, 0.5) is 5.95 Å². The summed E-state index contributed by atoms with van der Waals surface area (Å²) in [6, 6.07) is 7.97. The number of nitrogens with zero attached hydrogens (tertiary/aromatic N) is 2. The lowest BCUT2D eigenvalue weighted by Crippen LogP contribution is -2.14. The summed E-state index contributed by atoms with van der Waals surface area (Å²) in [6.45, 7) is -0.202. The van der Waals surface area contributed by atoms with E-state index in [1.54, 1.807) is 12.4 Å². The third-order valence-corrected chi connectivity index (χ3v) is 2.95. The van der Waals surface area contributed by atoms with Crippen LogP contribution in [-0.4, -0.2) is 32.6 Å². The average Bonchev–Trinajstić information content (AvgIpc) is 2.89. The Kier molecular flexibility index (Phi) is 3.04. The van der Waals surface area contributed by atoms with Gasteiger partial charge >= 0.3 is 5.97 Å². The Hall–Kier alpha value is -2.89. The van der Waals surface area contributed by atoms with Crippen LogP contribution in [0.3, 0.4) is 0 Å². The fraction of sp³-hybridized carbons (Fsp3) is 0.0714. The number of anilines is 1. The zero-order chi connectivity index (χ0) is 13.9. The molecule has 6 heteroatoms. The van der Waals surface area contributed by atoms with E-state index in [1.165, 1.54) is 0 Å². The Morgan fingerprint density at radius 1 is 1.25 bits per heavy atom. The SMILES string of the molecule is O=C(O)CNc1ncc(-c2c[nH]c3ccccc23)cn1. The number of nitrogens with one attached hydrogen (secondary N) is 2. The summed E-state index contributed by atoms with van der Waals surface area (Å²) in [5.41, 5.74) is 2.95. The van der Waals surface area contributed by atoms with E-state index in [0.29, 0.717) is 5.95 Å². The summed E-state index contributed by atoms with van der Waals surface area (Å²) in [7, 11) is 0. The molecule has 3 aromatic rings. The van der Waals surface area contributed by atoms with Crippen molar-refractivity contribution < 1.29 is 9.90 Å². The number of rotatable bonds is 4. The molecule has 3 N–H and O–H groups in total. The molecule has 0 atom stereocenters. The van der Waals surface area contributed by atoms with Crippen molar-refractivity contribution in [3.8, 4) is 11.1 Å². The second kappa shape index (κ2) is 5.00. The quantitative estimate of drug-likeness (QED) is 0.674. The number of carboxylic acids is 1. The largest absolute Gasteiger partial charge is 0.480 e. The molecule has 100 valence electrons. The van der Waals surface area contributed by atoms with Crippen molar-refractivity contribution in [2.75, 3.05) is 11.9 Å². The van der Waals surface area contributed by atoms with E-state index in [9.17, 15) is 4.79 Å². The van der Waals surface area contributed by atoms with Gasteiger partial charge in [-0.05, 0) is 6.07 Å². The first-order valence-electron chi connectivity index (χ1n) is 6.08. The number of hydrogen-bond donors (Lipinski definition) is 3. The molecule has 6 nitrogen and oxygen atoms in total. The van der Waals surface area contributed by atoms with E-state index in [-0.39, 0.29) is 6.54 Å². The second-order valence-corrected chi connectivity index (χ2v) is 4.29. The minimum atomic E-state index is -0.950. The molecule has 0 bridgehead atoms. The zero-order valence-electron chi connectivity index (χ0n) is 10.5. The van der Waals surface area contributed by atoms with E-state index in [4.69, 9.17) is 5.11 Å². The summed E-state index contributed by atoms with van der Waals surface area (Å²) in [5, 5.41) is 12.3. The molecule has 20 heavy (non-hydrogen) atoms. The fourth-order valence-electron chi connectivity index (χ4n) is 2.02. The molecule has 1 aromatic carbocycles. The molecular formula is C14H12N4O2. The molecule has 0 amide bonds. The number of aromatic amines is 1. The van der Waals surface area contributed by atoms with Crippen molar-refractivity contribution in [1.29, 1.82) is 0 Å². The van der Waals surface area contributed by atoms with Crippen LogP contribution in [0.5, 0.6) is 0 Å². The zero-order valence-corrected chi connectivity index (χ0v) is 10.5. The van der Waals surface area contributed by atoms with Gasteiger partial charge in [-0.2, -0.15) is 0 Å². The number of benzene rings is 1. The van der Waals surface area contributed by atoms with Crippen LogP contribution in [0.15, 0.2) is 42.9 Å². The van der Waals surface area contributed by atoms with Crippen molar-refractivity contribution in [1.82, 2.24) is 15.0 Å². The Balaban J connectivity index is 1.89. The van der Waals surface area contributed by atoms with Gasteiger partial charge in [0.2, 0.25) is 5.95 Å². The van der Waals surface area contributed by atoms with Gasteiger partial charge in [0.25, 0.3) is 0 Å². The van der Waals surface area contributed by atoms with Gasteiger partial charge in [0.05, 0.1) is 0 Å². The minimum absolute atomic E-state index is 0.202.